The van der Waals surface area contributed by atoms with Crippen molar-refractivity contribution in [2.45, 2.75) is 46.0 Å². The highest BCUT2D eigenvalue weighted by Gasteiger charge is 2.20. The van der Waals surface area contributed by atoms with Crippen molar-refractivity contribution in [2.24, 2.45) is 5.92 Å². The molecule has 2 heterocycles. The van der Waals surface area contributed by atoms with E-state index >= 15 is 0 Å². The van der Waals surface area contributed by atoms with Crippen LogP contribution in [0, 0.1) is 5.92 Å². The summed E-state index contributed by atoms with van der Waals surface area (Å²) in [5, 5.41) is 9.23. The van der Waals surface area contributed by atoms with Crippen molar-refractivity contribution < 1.29 is 9.90 Å². The highest BCUT2D eigenvalue weighted by Crippen LogP contribution is 2.25. The van der Waals surface area contributed by atoms with E-state index in [0.29, 0.717) is 5.56 Å². The summed E-state index contributed by atoms with van der Waals surface area (Å²) in [5.41, 5.74) is 1.25. The molecule has 1 aromatic rings. The third kappa shape index (κ3) is 3.50. The van der Waals surface area contributed by atoms with Crippen LogP contribution in [0.15, 0.2) is 12.1 Å². The van der Waals surface area contributed by atoms with E-state index in [0.717, 1.165) is 43.4 Å². The zero-order valence-corrected chi connectivity index (χ0v) is 12.4. The zero-order valence-electron chi connectivity index (χ0n) is 12.4. The average Bonchev–Trinajstić information content (AvgIpc) is 2.47. The quantitative estimate of drug-likeness (QED) is 0.896. The van der Waals surface area contributed by atoms with Crippen LogP contribution in [0.1, 0.15) is 55.6 Å². The van der Waals surface area contributed by atoms with Crippen LogP contribution in [-0.2, 0) is 6.42 Å². The van der Waals surface area contributed by atoms with Crippen LogP contribution < -0.4 is 4.90 Å². The summed E-state index contributed by atoms with van der Waals surface area (Å²) >= 11 is 0. The van der Waals surface area contributed by atoms with Gasteiger partial charge in [0.2, 0.25) is 0 Å². The van der Waals surface area contributed by atoms with Crippen LogP contribution in [0.2, 0.25) is 0 Å². The van der Waals surface area contributed by atoms with Gasteiger partial charge in [-0.2, -0.15) is 0 Å². The first-order chi connectivity index (χ1) is 9.63. The van der Waals surface area contributed by atoms with Crippen molar-refractivity contribution in [1.29, 1.82) is 0 Å². The number of piperidine rings is 1. The zero-order chi connectivity index (χ0) is 14.5. The van der Waals surface area contributed by atoms with Crippen LogP contribution in [-0.4, -0.2) is 29.1 Å². The SMILES string of the molecule is CCCc1cc(C(=O)O)cc(N2CCC(CC)CC2)n1. The van der Waals surface area contributed by atoms with Gasteiger partial charge in [0.25, 0.3) is 0 Å². The molecule has 1 aliphatic rings. The molecule has 0 amide bonds. The number of hydrogen-bond donors (Lipinski definition) is 1. The Hall–Kier alpha value is -1.58. The number of nitrogens with zero attached hydrogens (tertiary/aromatic N) is 2. The van der Waals surface area contributed by atoms with E-state index in [1.165, 1.54) is 19.3 Å². The summed E-state index contributed by atoms with van der Waals surface area (Å²) < 4.78 is 0. The maximum absolute atomic E-state index is 11.2. The predicted molar refractivity (Wildman–Crippen MR) is 80.4 cm³/mol. The minimum Gasteiger partial charge on any atom is -0.478 e. The van der Waals surface area contributed by atoms with Crippen LogP contribution in [0.3, 0.4) is 0 Å². The number of aryl methyl sites for hydroxylation is 1. The summed E-state index contributed by atoms with van der Waals surface area (Å²) in [6.07, 6.45) is 5.40. The van der Waals surface area contributed by atoms with Gasteiger partial charge < -0.3 is 10.0 Å². The fraction of sp³-hybridized carbons (Fsp3) is 0.625. The molecule has 0 radical (unpaired) electrons. The summed E-state index contributed by atoms with van der Waals surface area (Å²) in [7, 11) is 0. The van der Waals surface area contributed by atoms with Crippen LogP contribution >= 0.6 is 0 Å². The van der Waals surface area contributed by atoms with Crippen LogP contribution in [0.25, 0.3) is 0 Å². The lowest BCUT2D eigenvalue weighted by atomic mass is 9.94. The summed E-state index contributed by atoms with van der Waals surface area (Å²) in [5.74, 6) is 0.779. The van der Waals surface area contributed by atoms with Gasteiger partial charge in [-0.1, -0.05) is 26.7 Å². The fourth-order valence-corrected chi connectivity index (χ4v) is 2.81. The van der Waals surface area contributed by atoms with E-state index < -0.39 is 5.97 Å². The number of aromatic nitrogens is 1. The van der Waals surface area contributed by atoms with Gasteiger partial charge in [0.15, 0.2) is 0 Å². The van der Waals surface area contributed by atoms with E-state index in [1.54, 1.807) is 12.1 Å². The normalized spacial score (nSPS) is 16.4. The first-order valence-corrected chi connectivity index (χ1v) is 7.63. The summed E-state index contributed by atoms with van der Waals surface area (Å²) in [6, 6.07) is 3.42. The Morgan fingerprint density at radius 3 is 2.60 bits per heavy atom. The van der Waals surface area contributed by atoms with Crippen LogP contribution in [0.5, 0.6) is 0 Å². The standard InChI is InChI=1S/C16H24N2O2/c1-3-5-14-10-13(16(19)20)11-15(17-14)18-8-6-12(4-2)7-9-18/h10-12H,3-9H2,1-2H3,(H,19,20). The molecular weight excluding hydrogens is 252 g/mol. The molecule has 2 rings (SSSR count). The number of aromatic carboxylic acids is 1. The molecule has 0 saturated carbocycles. The number of carboxylic acid groups (broad SMARTS) is 1. The molecule has 0 unspecified atom stereocenters. The van der Waals surface area contributed by atoms with E-state index in [2.05, 4.69) is 23.7 Å². The van der Waals surface area contributed by atoms with E-state index in [9.17, 15) is 9.90 Å². The Kier molecular flexibility index (Phi) is 4.99. The minimum atomic E-state index is -0.866. The number of rotatable bonds is 5. The molecule has 0 spiro atoms. The lowest BCUT2D eigenvalue weighted by molar-refractivity contribution is 0.0696. The van der Waals surface area contributed by atoms with Crippen molar-refractivity contribution in [3.05, 3.63) is 23.4 Å². The van der Waals surface area contributed by atoms with Gasteiger partial charge in [-0.3, -0.25) is 0 Å². The van der Waals surface area contributed by atoms with Gasteiger partial charge in [-0.25, -0.2) is 9.78 Å². The molecule has 1 aromatic heterocycles. The highest BCUT2D eigenvalue weighted by atomic mass is 16.4. The van der Waals surface area contributed by atoms with Crippen molar-refractivity contribution in [2.75, 3.05) is 18.0 Å². The Balaban J connectivity index is 2.20. The molecule has 1 saturated heterocycles. The Labute approximate surface area is 120 Å². The maximum atomic E-state index is 11.2. The van der Waals surface area contributed by atoms with E-state index in [4.69, 9.17) is 0 Å². The molecule has 1 aliphatic heterocycles. The molecule has 0 aromatic carbocycles. The fourth-order valence-electron chi connectivity index (χ4n) is 2.81. The number of hydrogen-bond acceptors (Lipinski definition) is 3. The maximum Gasteiger partial charge on any atom is 0.335 e. The third-order valence-corrected chi connectivity index (χ3v) is 4.13. The first kappa shape index (κ1) is 14.8. The summed E-state index contributed by atoms with van der Waals surface area (Å²) in [4.78, 5) is 18.1. The second kappa shape index (κ2) is 6.73. The van der Waals surface area contributed by atoms with Gasteiger partial charge in [-0.15, -0.1) is 0 Å². The molecule has 0 aliphatic carbocycles. The molecule has 1 fully saturated rings. The van der Waals surface area contributed by atoms with Crippen molar-refractivity contribution in [3.8, 4) is 0 Å². The monoisotopic (exact) mass is 276 g/mol. The van der Waals surface area contributed by atoms with Crippen LogP contribution in [0.4, 0.5) is 5.82 Å². The molecule has 4 nitrogen and oxygen atoms in total. The molecule has 20 heavy (non-hydrogen) atoms. The number of carboxylic acids is 1. The van der Waals surface area contributed by atoms with Gasteiger partial charge >= 0.3 is 5.97 Å². The molecule has 1 N–H and O–H groups in total. The Morgan fingerprint density at radius 2 is 2.05 bits per heavy atom. The number of carbonyl (C=O) groups is 1. The second-order valence-electron chi connectivity index (χ2n) is 5.60. The third-order valence-electron chi connectivity index (χ3n) is 4.13. The first-order valence-electron chi connectivity index (χ1n) is 7.63. The summed E-state index contributed by atoms with van der Waals surface area (Å²) in [6.45, 7) is 6.30. The smallest absolute Gasteiger partial charge is 0.335 e. The second-order valence-corrected chi connectivity index (χ2v) is 5.60. The van der Waals surface area contributed by atoms with Gasteiger partial charge in [0, 0.05) is 18.8 Å². The highest BCUT2D eigenvalue weighted by molar-refractivity contribution is 5.88. The topological polar surface area (TPSA) is 53.4 Å². The van der Waals surface area contributed by atoms with Gasteiger partial charge in [0.05, 0.1) is 5.56 Å². The number of pyridine rings is 1. The minimum absolute atomic E-state index is 0.357. The lowest BCUT2D eigenvalue weighted by Crippen LogP contribution is -2.34. The predicted octanol–water partition coefficient (Wildman–Crippen LogP) is 3.36. The van der Waals surface area contributed by atoms with E-state index in [-0.39, 0.29) is 0 Å². The van der Waals surface area contributed by atoms with Crippen molar-refractivity contribution in [3.63, 3.8) is 0 Å². The average molecular weight is 276 g/mol. The van der Waals surface area contributed by atoms with Gasteiger partial charge in [0.1, 0.15) is 5.82 Å². The van der Waals surface area contributed by atoms with Gasteiger partial charge in [-0.05, 0) is 37.3 Å². The molecule has 4 heteroatoms. The molecule has 0 atom stereocenters. The Bertz CT molecular complexity index is 466. The lowest BCUT2D eigenvalue weighted by Gasteiger charge is -2.32. The largest absolute Gasteiger partial charge is 0.478 e. The molecular formula is C16H24N2O2. The number of anilines is 1. The van der Waals surface area contributed by atoms with Crippen molar-refractivity contribution in [1.82, 2.24) is 4.98 Å². The Morgan fingerprint density at radius 1 is 1.35 bits per heavy atom. The van der Waals surface area contributed by atoms with E-state index in [1.807, 2.05) is 0 Å². The molecule has 0 bridgehead atoms. The van der Waals surface area contributed by atoms with Crippen molar-refractivity contribution >= 4 is 11.8 Å². The molecule has 110 valence electrons.